The lowest BCUT2D eigenvalue weighted by Gasteiger charge is -2.13. The lowest BCUT2D eigenvalue weighted by Crippen LogP contribution is -2.12. The Hall–Kier alpha value is -2.20. The summed E-state index contributed by atoms with van der Waals surface area (Å²) in [6.07, 6.45) is 0. The molecule has 1 amide bonds. The molecule has 0 radical (unpaired) electrons. The van der Waals surface area contributed by atoms with Crippen LogP contribution in [0.1, 0.15) is 22.8 Å². The maximum atomic E-state index is 12.3. The molecule has 22 heavy (non-hydrogen) atoms. The van der Waals surface area contributed by atoms with Gasteiger partial charge in [-0.15, -0.1) is 0 Å². The fourth-order valence-corrected chi connectivity index (χ4v) is 2.24. The van der Waals surface area contributed by atoms with Crippen LogP contribution in [0.2, 0.25) is 5.02 Å². The molecule has 2 rings (SSSR count). The maximum absolute atomic E-state index is 12.3. The molecule has 0 saturated heterocycles. The summed E-state index contributed by atoms with van der Waals surface area (Å²) >= 11 is 6.17. The lowest BCUT2D eigenvalue weighted by molar-refractivity contribution is 0.102. The Morgan fingerprint density at radius 2 is 1.91 bits per heavy atom. The number of methoxy groups -OCH3 is 1. The number of rotatable bonds is 5. The lowest BCUT2D eigenvalue weighted by atomic mass is 10.1. The highest BCUT2D eigenvalue weighted by Gasteiger charge is 2.15. The summed E-state index contributed by atoms with van der Waals surface area (Å²) in [7, 11) is 1.51. The van der Waals surface area contributed by atoms with Gasteiger partial charge >= 0.3 is 0 Å². The largest absolute Gasteiger partial charge is 0.493 e. The number of benzene rings is 2. The minimum Gasteiger partial charge on any atom is -0.493 e. The predicted octanol–water partition coefficient (Wildman–Crippen LogP) is 4.31. The van der Waals surface area contributed by atoms with Crippen LogP contribution in [-0.4, -0.2) is 19.6 Å². The third-order valence-corrected chi connectivity index (χ3v) is 3.37. The van der Waals surface area contributed by atoms with E-state index in [1.165, 1.54) is 7.11 Å². The second kappa shape index (κ2) is 7.18. The molecule has 0 aliphatic heterocycles. The van der Waals surface area contributed by atoms with E-state index in [1.807, 2.05) is 38.1 Å². The quantitative estimate of drug-likeness (QED) is 0.893. The highest BCUT2D eigenvalue weighted by Crippen LogP contribution is 2.36. The Bertz CT molecular complexity index is 668. The topological polar surface area (TPSA) is 47.6 Å². The van der Waals surface area contributed by atoms with Gasteiger partial charge in [0, 0.05) is 11.3 Å². The van der Waals surface area contributed by atoms with E-state index < -0.39 is 0 Å². The second-order valence-corrected chi connectivity index (χ2v) is 5.15. The first-order valence-corrected chi connectivity index (χ1v) is 7.31. The summed E-state index contributed by atoms with van der Waals surface area (Å²) in [5, 5.41) is 3.16. The number of amides is 1. The Morgan fingerprint density at radius 3 is 2.50 bits per heavy atom. The Labute approximate surface area is 135 Å². The molecule has 0 spiro atoms. The van der Waals surface area contributed by atoms with Crippen LogP contribution in [0.25, 0.3) is 0 Å². The van der Waals surface area contributed by atoms with Crippen molar-refractivity contribution in [1.82, 2.24) is 0 Å². The van der Waals surface area contributed by atoms with Gasteiger partial charge in [0.15, 0.2) is 11.5 Å². The van der Waals surface area contributed by atoms with Gasteiger partial charge in [0.2, 0.25) is 0 Å². The highest BCUT2D eigenvalue weighted by atomic mass is 35.5. The first-order chi connectivity index (χ1) is 10.5. The Kier molecular flexibility index (Phi) is 5.28. The molecule has 0 bridgehead atoms. The fourth-order valence-electron chi connectivity index (χ4n) is 1.98. The molecule has 0 fully saturated rings. The van der Waals surface area contributed by atoms with Gasteiger partial charge in [-0.1, -0.05) is 29.3 Å². The summed E-state index contributed by atoms with van der Waals surface area (Å²) in [6, 6.07) is 10.7. The van der Waals surface area contributed by atoms with Crippen molar-refractivity contribution in [3.8, 4) is 11.5 Å². The van der Waals surface area contributed by atoms with Crippen LogP contribution in [0.3, 0.4) is 0 Å². The van der Waals surface area contributed by atoms with Crippen molar-refractivity contribution < 1.29 is 14.3 Å². The molecule has 0 saturated carbocycles. The average molecular weight is 320 g/mol. The predicted molar refractivity (Wildman–Crippen MR) is 88.3 cm³/mol. The average Bonchev–Trinajstić information content (AvgIpc) is 2.51. The van der Waals surface area contributed by atoms with E-state index in [4.69, 9.17) is 21.1 Å². The molecule has 0 unspecified atom stereocenters. The fraction of sp³-hybridized carbons (Fsp3) is 0.235. The summed E-state index contributed by atoms with van der Waals surface area (Å²) in [5.74, 6) is 0.620. The highest BCUT2D eigenvalue weighted by molar-refractivity contribution is 6.32. The molecule has 1 N–H and O–H groups in total. The zero-order valence-corrected chi connectivity index (χ0v) is 13.5. The van der Waals surface area contributed by atoms with Gasteiger partial charge in [0.25, 0.3) is 5.91 Å². The van der Waals surface area contributed by atoms with Crippen LogP contribution >= 0.6 is 11.6 Å². The molecule has 5 heteroatoms. The Morgan fingerprint density at radius 1 is 1.23 bits per heavy atom. The summed E-state index contributed by atoms with van der Waals surface area (Å²) in [6.45, 7) is 4.31. The minimum atomic E-state index is -0.257. The van der Waals surface area contributed by atoms with Gasteiger partial charge < -0.3 is 14.8 Å². The number of ether oxygens (including phenoxy) is 2. The first-order valence-electron chi connectivity index (χ1n) is 6.93. The number of hydrogen-bond donors (Lipinski definition) is 1. The number of aryl methyl sites for hydroxylation is 1. The summed E-state index contributed by atoms with van der Waals surface area (Å²) in [5.41, 5.74) is 2.26. The molecule has 0 heterocycles. The van der Waals surface area contributed by atoms with E-state index in [-0.39, 0.29) is 5.91 Å². The van der Waals surface area contributed by atoms with Crippen molar-refractivity contribution in [2.45, 2.75) is 13.8 Å². The normalized spacial score (nSPS) is 10.2. The van der Waals surface area contributed by atoms with Crippen molar-refractivity contribution in [2.75, 3.05) is 19.0 Å². The van der Waals surface area contributed by atoms with Gasteiger partial charge in [0.1, 0.15) is 0 Å². The molecule has 116 valence electrons. The third kappa shape index (κ3) is 3.71. The smallest absolute Gasteiger partial charge is 0.255 e. The van der Waals surface area contributed by atoms with E-state index in [2.05, 4.69) is 5.32 Å². The molecule has 2 aromatic rings. The number of carbonyl (C=O) groups is 1. The molecule has 0 aliphatic rings. The van der Waals surface area contributed by atoms with Crippen molar-refractivity contribution in [1.29, 1.82) is 0 Å². The monoisotopic (exact) mass is 319 g/mol. The summed E-state index contributed by atoms with van der Waals surface area (Å²) in [4.78, 5) is 12.3. The van der Waals surface area contributed by atoms with E-state index >= 15 is 0 Å². The van der Waals surface area contributed by atoms with E-state index in [0.29, 0.717) is 28.7 Å². The van der Waals surface area contributed by atoms with Crippen LogP contribution in [-0.2, 0) is 0 Å². The van der Waals surface area contributed by atoms with Gasteiger partial charge in [0.05, 0.1) is 18.7 Å². The maximum Gasteiger partial charge on any atom is 0.255 e. The standard InChI is InChI=1S/C17H18ClNO3/c1-4-22-16-14(18)9-12(10-15(16)21-3)17(20)19-13-7-5-11(2)6-8-13/h5-10H,4H2,1-3H3,(H,19,20). The van der Waals surface area contributed by atoms with Gasteiger partial charge in [-0.05, 0) is 38.1 Å². The van der Waals surface area contributed by atoms with E-state index in [0.717, 1.165) is 11.3 Å². The van der Waals surface area contributed by atoms with Crippen LogP contribution in [0.15, 0.2) is 36.4 Å². The number of carbonyl (C=O) groups excluding carboxylic acids is 1. The summed E-state index contributed by atoms with van der Waals surface area (Å²) < 4.78 is 10.7. The third-order valence-electron chi connectivity index (χ3n) is 3.09. The van der Waals surface area contributed by atoms with Crippen LogP contribution < -0.4 is 14.8 Å². The van der Waals surface area contributed by atoms with Crippen LogP contribution in [0, 0.1) is 6.92 Å². The minimum absolute atomic E-state index is 0.257. The molecule has 4 nitrogen and oxygen atoms in total. The zero-order chi connectivity index (χ0) is 16.1. The number of nitrogens with one attached hydrogen (secondary N) is 1. The molecule has 0 atom stereocenters. The molecular formula is C17H18ClNO3. The van der Waals surface area contributed by atoms with Crippen molar-refractivity contribution in [3.63, 3.8) is 0 Å². The van der Waals surface area contributed by atoms with Crippen molar-refractivity contribution >= 4 is 23.2 Å². The molecule has 0 aliphatic carbocycles. The van der Waals surface area contributed by atoms with Gasteiger partial charge in [-0.3, -0.25) is 4.79 Å². The first kappa shape index (κ1) is 16.2. The number of hydrogen-bond acceptors (Lipinski definition) is 3. The zero-order valence-electron chi connectivity index (χ0n) is 12.8. The van der Waals surface area contributed by atoms with Gasteiger partial charge in [-0.2, -0.15) is 0 Å². The van der Waals surface area contributed by atoms with Crippen LogP contribution in [0.4, 0.5) is 5.69 Å². The van der Waals surface area contributed by atoms with Crippen molar-refractivity contribution in [3.05, 3.63) is 52.5 Å². The van der Waals surface area contributed by atoms with E-state index in [9.17, 15) is 4.79 Å². The van der Waals surface area contributed by atoms with Crippen LogP contribution in [0.5, 0.6) is 11.5 Å². The van der Waals surface area contributed by atoms with E-state index in [1.54, 1.807) is 12.1 Å². The molecule has 0 aromatic heterocycles. The number of halogens is 1. The molecule has 2 aromatic carbocycles. The number of anilines is 1. The second-order valence-electron chi connectivity index (χ2n) is 4.74. The van der Waals surface area contributed by atoms with Crippen molar-refractivity contribution in [2.24, 2.45) is 0 Å². The van der Waals surface area contributed by atoms with Gasteiger partial charge in [-0.25, -0.2) is 0 Å². The SMILES string of the molecule is CCOc1c(Cl)cc(C(=O)Nc2ccc(C)cc2)cc1OC. The Balaban J connectivity index is 2.26. The molecular weight excluding hydrogens is 302 g/mol.